The first-order valence-corrected chi connectivity index (χ1v) is 12.4. The van der Waals surface area contributed by atoms with Crippen molar-refractivity contribution in [2.24, 2.45) is 0 Å². The van der Waals surface area contributed by atoms with E-state index < -0.39 is 8.07 Å². The van der Waals surface area contributed by atoms with E-state index in [0.717, 1.165) is 12.2 Å². The van der Waals surface area contributed by atoms with Crippen LogP contribution in [0, 0.1) is 0 Å². The Bertz CT molecular complexity index is 722. The summed E-state index contributed by atoms with van der Waals surface area (Å²) < 4.78 is 6.04. The van der Waals surface area contributed by atoms with Crippen molar-refractivity contribution in [3.05, 3.63) is 46.2 Å². The second-order valence-corrected chi connectivity index (χ2v) is 14.4. The highest BCUT2D eigenvalue weighted by Gasteiger charge is 2.36. The lowest BCUT2D eigenvalue weighted by Gasteiger charge is -2.34. The Balaban J connectivity index is 2.82. The van der Waals surface area contributed by atoms with Crippen LogP contribution in [0.5, 0.6) is 5.75 Å². The number of hydrogen-bond donors (Lipinski definition) is 0. The minimum atomic E-state index is -1.80. The van der Waals surface area contributed by atoms with Crippen molar-refractivity contribution in [1.82, 2.24) is 0 Å². The molecule has 25 heavy (non-hydrogen) atoms. The van der Waals surface area contributed by atoms with Crippen LogP contribution < -0.4 is 9.92 Å². The number of allylic oxidation sites excluding steroid dienone is 4. The highest BCUT2D eigenvalue weighted by atomic mass is 28.3. The second kappa shape index (κ2) is 6.46. The SMILES string of the molecule is COc1c(C(C)(C)C)cc(C(C)(C)C)cc1[Si](C)(C)C1=C(C)C=CC1. The number of ether oxygens (including phenoxy) is 1. The van der Waals surface area contributed by atoms with Crippen LogP contribution in [0.2, 0.25) is 13.1 Å². The molecule has 0 bridgehead atoms. The Kier molecular flexibility index (Phi) is 5.18. The summed E-state index contributed by atoms with van der Waals surface area (Å²) in [4.78, 5) is 0. The third-order valence-electron chi connectivity index (χ3n) is 5.56. The monoisotopic (exact) mass is 356 g/mol. The van der Waals surface area contributed by atoms with Crippen LogP contribution in [0.1, 0.15) is 66.0 Å². The van der Waals surface area contributed by atoms with Crippen molar-refractivity contribution in [1.29, 1.82) is 0 Å². The molecule has 1 nitrogen and oxygen atoms in total. The zero-order valence-electron chi connectivity index (χ0n) is 17.9. The highest BCUT2D eigenvalue weighted by molar-refractivity contribution is 6.96. The summed E-state index contributed by atoms with van der Waals surface area (Å²) in [5, 5.41) is 3.09. The number of rotatable bonds is 3. The molecule has 0 aromatic heterocycles. The number of benzene rings is 1. The van der Waals surface area contributed by atoms with Crippen molar-refractivity contribution < 1.29 is 4.74 Å². The lowest BCUT2D eigenvalue weighted by atomic mass is 9.80. The summed E-state index contributed by atoms with van der Waals surface area (Å²) in [7, 11) is 0.0335. The molecule has 0 radical (unpaired) electrons. The molecule has 0 saturated carbocycles. The maximum Gasteiger partial charge on any atom is 0.122 e. The van der Waals surface area contributed by atoms with Gasteiger partial charge in [0.05, 0.1) is 7.11 Å². The fourth-order valence-corrected chi connectivity index (χ4v) is 7.17. The smallest absolute Gasteiger partial charge is 0.122 e. The van der Waals surface area contributed by atoms with E-state index >= 15 is 0 Å². The van der Waals surface area contributed by atoms with Crippen LogP contribution in [0.4, 0.5) is 0 Å². The summed E-state index contributed by atoms with van der Waals surface area (Å²) in [6.07, 6.45) is 5.69. The normalized spacial score (nSPS) is 15.9. The van der Waals surface area contributed by atoms with Gasteiger partial charge in [0.15, 0.2) is 0 Å². The first kappa shape index (κ1) is 20.0. The Morgan fingerprint density at radius 3 is 1.96 bits per heavy atom. The third-order valence-corrected chi connectivity index (χ3v) is 9.39. The molecule has 1 aromatic carbocycles. The standard InChI is InChI=1S/C23H36OSi/c1-16-12-11-13-19(16)25(9,10)20-15-17(22(2,3)4)14-18(21(20)24-8)23(5,6)7/h11-12,14-15H,13H2,1-10H3. The van der Waals surface area contributed by atoms with Crippen LogP contribution in [-0.2, 0) is 10.8 Å². The minimum absolute atomic E-state index is 0.0587. The molecular formula is C23H36OSi. The molecule has 0 amide bonds. The van der Waals surface area contributed by atoms with E-state index in [4.69, 9.17) is 4.74 Å². The van der Waals surface area contributed by atoms with Gasteiger partial charge in [-0.2, -0.15) is 0 Å². The highest BCUT2D eigenvalue weighted by Crippen LogP contribution is 2.38. The van der Waals surface area contributed by atoms with Crippen molar-refractivity contribution in [2.45, 2.75) is 78.8 Å². The summed E-state index contributed by atoms with van der Waals surface area (Å²) in [5.74, 6) is 1.12. The molecule has 0 unspecified atom stereocenters. The molecule has 1 aromatic rings. The van der Waals surface area contributed by atoms with Crippen LogP contribution in [0.15, 0.2) is 35.1 Å². The predicted molar refractivity (Wildman–Crippen MR) is 114 cm³/mol. The van der Waals surface area contributed by atoms with E-state index in [1.807, 2.05) is 7.11 Å². The van der Waals surface area contributed by atoms with E-state index in [9.17, 15) is 0 Å². The largest absolute Gasteiger partial charge is 0.497 e. The van der Waals surface area contributed by atoms with Gasteiger partial charge in [-0.1, -0.05) is 89.7 Å². The topological polar surface area (TPSA) is 9.23 Å². The molecule has 0 spiro atoms. The number of methoxy groups -OCH3 is 1. The van der Waals surface area contributed by atoms with Crippen LogP contribution in [-0.4, -0.2) is 15.2 Å². The van der Waals surface area contributed by atoms with Gasteiger partial charge in [-0.05, 0) is 40.5 Å². The first-order valence-electron chi connectivity index (χ1n) is 9.40. The molecule has 1 aliphatic carbocycles. The van der Waals surface area contributed by atoms with Gasteiger partial charge in [0.25, 0.3) is 0 Å². The van der Waals surface area contributed by atoms with E-state index in [1.165, 1.54) is 21.9 Å². The van der Waals surface area contributed by atoms with Crippen molar-refractivity contribution in [2.75, 3.05) is 7.11 Å². The van der Waals surface area contributed by atoms with E-state index in [2.05, 4.69) is 85.8 Å². The maximum atomic E-state index is 6.04. The zero-order valence-corrected chi connectivity index (χ0v) is 18.9. The molecule has 2 heteroatoms. The molecule has 138 valence electrons. The van der Waals surface area contributed by atoms with E-state index in [1.54, 1.807) is 5.20 Å². The molecule has 0 heterocycles. The molecule has 0 fully saturated rings. The van der Waals surface area contributed by atoms with Gasteiger partial charge >= 0.3 is 0 Å². The molecule has 0 N–H and O–H groups in total. The average molecular weight is 357 g/mol. The summed E-state index contributed by atoms with van der Waals surface area (Å²) >= 11 is 0. The third kappa shape index (κ3) is 3.79. The quantitative estimate of drug-likeness (QED) is 0.602. The van der Waals surface area contributed by atoms with Crippen molar-refractivity contribution in [3.8, 4) is 5.75 Å². The molecule has 2 rings (SSSR count). The Hall–Kier alpha value is -1.28. The van der Waals surface area contributed by atoms with Crippen LogP contribution in [0.25, 0.3) is 0 Å². The molecule has 0 saturated heterocycles. The van der Waals surface area contributed by atoms with Crippen molar-refractivity contribution >= 4 is 13.3 Å². The summed E-state index contributed by atoms with van der Waals surface area (Å²) in [6.45, 7) is 21.0. The molecule has 0 atom stereocenters. The van der Waals surface area contributed by atoms with Gasteiger partial charge in [0.1, 0.15) is 13.8 Å². The van der Waals surface area contributed by atoms with Gasteiger partial charge < -0.3 is 4.74 Å². The van der Waals surface area contributed by atoms with Gasteiger partial charge in [0, 0.05) is 0 Å². The van der Waals surface area contributed by atoms with Crippen LogP contribution >= 0.6 is 0 Å². The summed E-state index contributed by atoms with van der Waals surface area (Å²) in [5.41, 5.74) is 4.39. The fraction of sp³-hybridized carbons (Fsp3) is 0.565. The molecular weight excluding hydrogens is 320 g/mol. The maximum absolute atomic E-state index is 6.04. The zero-order chi connectivity index (χ0) is 19.2. The van der Waals surface area contributed by atoms with Crippen LogP contribution in [0.3, 0.4) is 0 Å². The Labute approximate surface area is 156 Å². The molecule has 0 aliphatic heterocycles. The average Bonchev–Trinajstić information content (AvgIpc) is 2.90. The predicted octanol–water partition coefficient (Wildman–Crippen LogP) is 6.02. The Morgan fingerprint density at radius 2 is 1.56 bits per heavy atom. The van der Waals surface area contributed by atoms with Gasteiger partial charge in [-0.3, -0.25) is 0 Å². The van der Waals surface area contributed by atoms with Gasteiger partial charge in [-0.15, -0.1) is 0 Å². The summed E-state index contributed by atoms with van der Waals surface area (Å²) in [6, 6.07) is 4.82. The first-order chi connectivity index (χ1) is 11.3. The van der Waals surface area contributed by atoms with Gasteiger partial charge in [0.2, 0.25) is 0 Å². The Morgan fingerprint density at radius 1 is 0.960 bits per heavy atom. The van der Waals surface area contributed by atoms with E-state index in [0.29, 0.717) is 0 Å². The lowest BCUT2D eigenvalue weighted by Crippen LogP contribution is -2.46. The lowest BCUT2D eigenvalue weighted by molar-refractivity contribution is 0.399. The van der Waals surface area contributed by atoms with Gasteiger partial charge in [-0.25, -0.2) is 0 Å². The van der Waals surface area contributed by atoms with E-state index in [-0.39, 0.29) is 10.8 Å². The minimum Gasteiger partial charge on any atom is -0.497 e. The fourth-order valence-electron chi connectivity index (χ4n) is 3.83. The second-order valence-electron chi connectivity index (χ2n) is 10.00. The van der Waals surface area contributed by atoms with Crippen molar-refractivity contribution in [3.63, 3.8) is 0 Å². The molecule has 1 aliphatic rings. The number of hydrogen-bond acceptors (Lipinski definition) is 1.